The lowest BCUT2D eigenvalue weighted by Gasteiger charge is -2.36. The maximum absolute atomic E-state index is 12.3. The highest BCUT2D eigenvalue weighted by atomic mass is 35.5. The fraction of sp³-hybridized carbons (Fsp3) is 0.562. The fourth-order valence-corrected chi connectivity index (χ4v) is 2.93. The summed E-state index contributed by atoms with van der Waals surface area (Å²) in [5.74, 6) is 0.324. The number of hydrogen-bond donors (Lipinski definition) is 1. The molecule has 6 heteroatoms. The Labute approximate surface area is 141 Å². The number of amides is 1. The molecule has 0 radical (unpaired) electrons. The quantitative estimate of drug-likeness (QED) is 0.892. The van der Waals surface area contributed by atoms with Crippen molar-refractivity contribution in [3.05, 3.63) is 33.8 Å². The Morgan fingerprint density at radius 3 is 2.55 bits per heavy atom. The highest BCUT2D eigenvalue weighted by Gasteiger charge is 2.24. The fourth-order valence-electron chi connectivity index (χ4n) is 2.63. The van der Waals surface area contributed by atoms with Crippen LogP contribution in [0.5, 0.6) is 0 Å². The van der Waals surface area contributed by atoms with E-state index in [9.17, 15) is 4.79 Å². The molecule has 1 aliphatic rings. The van der Waals surface area contributed by atoms with Crippen molar-refractivity contribution in [1.29, 1.82) is 0 Å². The molecule has 1 heterocycles. The van der Waals surface area contributed by atoms with Gasteiger partial charge in [-0.2, -0.15) is 0 Å². The molecule has 1 saturated heterocycles. The SMILES string of the molecule is CC(C)C(CNC(=O)c1ccc(Cl)c(Cl)c1)N1CCOCC1. The van der Waals surface area contributed by atoms with Crippen LogP contribution in [0.4, 0.5) is 0 Å². The van der Waals surface area contributed by atoms with Gasteiger partial charge in [0.1, 0.15) is 0 Å². The first-order valence-corrected chi connectivity index (χ1v) is 8.29. The molecule has 1 unspecified atom stereocenters. The van der Waals surface area contributed by atoms with Crippen LogP contribution in [-0.2, 0) is 4.74 Å². The molecule has 4 nitrogen and oxygen atoms in total. The molecule has 122 valence electrons. The number of hydrogen-bond acceptors (Lipinski definition) is 3. The van der Waals surface area contributed by atoms with Crippen LogP contribution in [0, 0.1) is 5.92 Å². The van der Waals surface area contributed by atoms with Crippen LogP contribution >= 0.6 is 23.2 Å². The summed E-state index contributed by atoms with van der Waals surface area (Å²) >= 11 is 11.8. The number of carbonyl (C=O) groups is 1. The van der Waals surface area contributed by atoms with Crippen molar-refractivity contribution < 1.29 is 9.53 Å². The third-order valence-corrected chi connectivity index (χ3v) is 4.68. The van der Waals surface area contributed by atoms with Crippen LogP contribution in [0.15, 0.2) is 18.2 Å². The second kappa shape index (κ2) is 8.16. The average Bonchev–Trinajstić information content (AvgIpc) is 2.50. The first kappa shape index (κ1) is 17.5. The summed E-state index contributed by atoms with van der Waals surface area (Å²) in [6, 6.07) is 5.22. The lowest BCUT2D eigenvalue weighted by atomic mass is 10.0. The predicted octanol–water partition coefficient (Wildman–Crippen LogP) is 3.08. The summed E-state index contributed by atoms with van der Waals surface area (Å²) in [5, 5.41) is 3.84. The van der Waals surface area contributed by atoms with Gasteiger partial charge in [0.2, 0.25) is 0 Å². The lowest BCUT2D eigenvalue weighted by Crippen LogP contribution is -2.51. The van der Waals surface area contributed by atoms with Crippen LogP contribution in [-0.4, -0.2) is 49.7 Å². The number of halogens is 2. The van der Waals surface area contributed by atoms with E-state index in [4.69, 9.17) is 27.9 Å². The Bertz CT molecular complexity index is 517. The van der Waals surface area contributed by atoms with Crippen molar-refractivity contribution >= 4 is 29.1 Å². The average molecular weight is 345 g/mol. The van der Waals surface area contributed by atoms with Gasteiger partial charge in [-0.15, -0.1) is 0 Å². The zero-order valence-electron chi connectivity index (χ0n) is 12.9. The summed E-state index contributed by atoms with van der Waals surface area (Å²) in [4.78, 5) is 14.6. The van der Waals surface area contributed by atoms with E-state index in [1.807, 2.05) is 0 Å². The largest absolute Gasteiger partial charge is 0.379 e. The molecule has 0 spiro atoms. The van der Waals surface area contributed by atoms with Gasteiger partial charge in [-0.05, 0) is 24.1 Å². The standard InChI is InChI=1S/C16H22Cl2N2O2/c1-11(2)15(20-5-7-22-8-6-20)10-19-16(21)12-3-4-13(17)14(18)9-12/h3-4,9,11,15H,5-8,10H2,1-2H3,(H,19,21). The molecule has 1 aromatic carbocycles. The molecular formula is C16H22Cl2N2O2. The summed E-state index contributed by atoms with van der Waals surface area (Å²) in [6.45, 7) is 8.28. The number of morpholine rings is 1. The summed E-state index contributed by atoms with van der Waals surface area (Å²) in [7, 11) is 0. The number of rotatable bonds is 5. The number of nitrogens with zero attached hydrogens (tertiary/aromatic N) is 1. The van der Waals surface area contributed by atoms with Crippen molar-refractivity contribution in [2.45, 2.75) is 19.9 Å². The molecule has 1 amide bonds. The van der Waals surface area contributed by atoms with Crippen LogP contribution < -0.4 is 5.32 Å². The van der Waals surface area contributed by atoms with E-state index in [1.54, 1.807) is 18.2 Å². The first-order chi connectivity index (χ1) is 10.5. The molecule has 1 N–H and O–H groups in total. The van der Waals surface area contributed by atoms with Gasteiger partial charge in [0.25, 0.3) is 5.91 Å². The van der Waals surface area contributed by atoms with Gasteiger partial charge in [0.15, 0.2) is 0 Å². The molecule has 1 fully saturated rings. The summed E-state index contributed by atoms with van der Waals surface area (Å²) in [6.07, 6.45) is 0. The van der Waals surface area contributed by atoms with Gasteiger partial charge in [0.05, 0.1) is 23.3 Å². The van der Waals surface area contributed by atoms with E-state index in [1.165, 1.54) is 0 Å². The molecule has 1 aliphatic heterocycles. The van der Waals surface area contributed by atoms with Gasteiger partial charge in [-0.3, -0.25) is 9.69 Å². The Hall–Kier alpha value is -0.810. The van der Waals surface area contributed by atoms with Gasteiger partial charge in [-0.1, -0.05) is 37.0 Å². The van der Waals surface area contributed by atoms with E-state index in [2.05, 4.69) is 24.1 Å². The first-order valence-electron chi connectivity index (χ1n) is 7.54. The number of nitrogens with one attached hydrogen (secondary N) is 1. The highest BCUT2D eigenvalue weighted by Crippen LogP contribution is 2.22. The van der Waals surface area contributed by atoms with Gasteiger partial charge in [-0.25, -0.2) is 0 Å². The minimum absolute atomic E-state index is 0.127. The van der Waals surface area contributed by atoms with Gasteiger partial charge < -0.3 is 10.1 Å². The molecule has 22 heavy (non-hydrogen) atoms. The van der Waals surface area contributed by atoms with Crippen LogP contribution in [0.2, 0.25) is 10.0 Å². The molecule has 1 aromatic rings. The second-order valence-corrected chi connectivity index (χ2v) is 6.61. The van der Waals surface area contributed by atoms with E-state index in [0.717, 1.165) is 26.3 Å². The molecule has 1 atom stereocenters. The zero-order valence-corrected chi connectivity index (χ0v) is 14.5. The van der Waals surface area contributed by atoms with Crippen LogP contribution in [0.25, 0.3) is 0 Å². The lowest BCUT2D eigenvalue weighted by molar-refractivity contribution is 0.00673. The Balaban J connectivity index is 1.96. The van der Waals surface area contributed by atoms with Crippen LogP contribution in [0.1, 0.15) is 24.2 Å². The third-order valence-electron chi connectivity index (χ3n) is 3.94. The minimum atomic E-state index is -0.127. The van der Waals surface area contributed by atoms with Crippen molar-refractivity contribution in [2.24, 2.45) is 5.92 Å². The Morgan fingerprint density at radius 2 is 1.95 bits per heavy atom. The summed E-state index contributed by atoms with van der Waals surface area (Å²) < 4.78 is 5.39. The minimum Gasteiger partial charge on any atom is -0.379 e. The molecule has 0 saturated carbocycles. The normalized spacial score (nSPS) is 17.5. The van der Waals surface area contributed by atoms with E-state index in [0.29, 0.717) is 34.1 Å². The zero-order chi connectivity index (χ0) is 16.1. The maximum atomic E-state index is 12.3. The molecule has 0 bridgehead atoms. The topological polar surface area (TPSA) is 41.6 Å². The van der Waals surface area contributed by atoms with Crippen molar-refractivity contribution in [1.82, 2.24) is 10.2 Å². The number of benzene rings is 1. The smallest absolute Gasteiger partial charge is 0.251 e. The Morgan fingerprint density at radius 1 is 1.27 bits per heavy atom. The van der Waals surface area contributed by atoms with Crippen molar-refractivity contribution in [3.8, 4) is 0 Å². The monoisotopic (exact) mass is 344 g/mol. The molecule has 0 aliphatic carbocycles. The molecule has 2 rings (SSSR count). The third kappa shape index (κ3) is 4.59. The van der Waals surface area contributed by atoms with Gasteiger partial charge >= 0.3 is 0 Å². The predicted molar refractivity (Wildman–Crippen MR) is 89.8 cm³/mol. The Kier molecular flexibility index (Phi) is 6.50. The molecule has 0 aromatic heterocycles. The highest BCUT2D eigenvalue weighted by molar-refractivity contribution is 6.42. The van der Waals surface area contributed by atoms with Gasteiger partial charge in [0, 0.05) is 31.2 Å². The maximum Gasteiger partial charge on any atom is 0.251 e. The number of carbonyl (C=O) groups excluding carboxylic acids is 1. The second-order valence-electron chi connectivity index (χ2n) is 5.80. The van der Waals surface area contributed by atoms with Crippen molar-refractivity contribution in [3.63, 3.8) is 0 Å². The molecular weight excluding hydrogens is 323 g/mol. The van der Waals surface area contributed by atoms with E-state index >= 15 is 0 Å². The summed E-state index contributed by atoms with van der Waals surface area (Å²) in [5.41, 5.74) is 0.527. The van der Waals surface area contributed by atoms with E-state index < -0.39 is 0 Å². The van der Waals surface area contributed by atoms with Crippen molar-refractivity contribution in [2.75, 3.05) is 32.8 Å². The van der Waals surface area contributed by atoms with Crippen LogP contribution in [0.3, 0.4) is 0 Å². The van der Waals surface area contributed by atoms with E-state index in [-0.39, 0.29) is 5.91 Å². The number of ether oxygens (including phenoxy) is 1.